The second-order valence-electron chi connectivity index (χ2n) is 5.21. The lowest BCUT2D eigenvalue weighted by molar-refractivity contribution is -0.137. The molecule has 0 spiro atoms. The minimum atomic E-state index is -0.835. The van der Waals surface area contributed by atoms with E-state index < -0.39 is 17.6 Å². The van der Waals surface area contributed by atoms with Crippen LogP contribution in [0, 0.1) is 11.6 Å². The molecule has 0 fully saturated rings. The van der Waals surface area contributed by atoms with Crippen molar-refractivity contribution in [3.05, 3.63) is 35.4 Å². The van der Waals surface area contributed by atoms with Crippen molar-refractivity contribution < 1.29 is 18.7 Å². The van der Waals surface area contributed by atoms with Crippen molar-refractivity contribution in [2.75, 3.05) is 6.54 Å². The van der Waals surface area contributed by atoms with Crippen molar-refractivity contribution in [2.45, 2.75) is 45.7 Å². The van der Waals surface area contributed by atoms with Gasteiger partial charge in [0.1, 0.15) is 11.6 Å². The normalized spacial score (nSPS) is 12.9. The van der Waals surface area contributed by atoms with Gasteiger partial charge in [0, 0.05) is 24.6 Å². The van der Waals surface area contributed by atoms with E-state index in [4.69, 9.17) is 5.11 Å². The van der Waals surface area contributed by atoms with Gasteiger partial charge >= 0.3 is 5.97 Å². The molecule has 0 heterocycles. The first-order chi connectivity index (χ1) is 9.31. The highest BCUT2D eigenvalue weighted by molar-refractivity contribution is 5.66. The van der Waals surface area contributed by atoms with Gasteiger partial charge in [-0.25, -0.2) is 8.78 Å². The molecule has 1 N–H and O–H groups in total. The van der Waals surface area contributed by atoms with Crippen molar-refractivity contribution in [2.24, 2.45) is 0 Å². The highest BCUT2D eigenvalue weighted by Crippen LogP contribution is 2.24. The van der Waals surface area contributed by atoms with Gasteiger partial charge in [-0.05, 0) is 51.4 Å². The molecule has 20 heavy (non-hydrogen) atoms. The van der Waals surface area contributed by atoms with Crippen molar-refractivity contribution in [3.8, 4) is 0 Å². The van der Waals surface area contributed by atoms with Crippen LogP contribution < -0.4 is 0 Å². The number of hydrogen-bond donors (Lipinski definition) is 1. The van der Waals surface area contributed by atoms with E-state index in [1.165, 1.54) is 12.1 Å². The molecule has 1 rings (SSSR count). The van der Waals surface area contributed by atoms with E-state index >= 15 is 0 Å². The Bertz CT molecular complexity index is 443. The fraction of sp³-hybridized carbons (Fsp3) is 0.533. The molecule has 1 atom stereocenters. The number of carbonyl (C=O) groups is 1. The van der Waals surface area contributed by atoms with Gasteiger partial charge in [-0.3, -0.25) is 9.69 Å². The molecule has 0 saturated heterocycles. The zero-order chi connectivity index (χ0) is 15.3. The van der Waals surface area contributed by atoms with Gasteiger partial charge in [0.05, 0.1) is 0 Å². The molecule has 112 valence electrons. The third kappa shape index (κ3) is 4.89. The van der Waals surface area contributed by atoms with Crippen LogP contribution in [0.3, 0.4) is 0 Å². The van der Waals surface area contributed by atoms with Crippen LogP contribution in [-0.2, 0) is 4.79 Å². The molecule has 5 heteroatoms. The van der Waals surface area contributed by atoms with E-state index in [0.29, 0.717) is 18.5 Å². The van der Waals surface area contributed by atoms with Crippen molar-refractivity contribution in [1.82, 2.24) is 4.90 Å². The lowest BCUT2D eigenvalue weighted by Gasteiger charge is -2.33. The summed E-state index contributed by atoms with van der Waals surface area (Å²) in [5.41, 5.74) is 0.562. The molecule has 0 radical (unpaired) electrons. The molecule has 0 saturated carbocycles. The number of nitrogens with zero attached hydrogens (tertiary/aromatic N) is 1. The molecule has 0 amide bonds. The van der Waals surface area contributed by atoms with Crippen LogP contribution in [0.25, 0.3) is 0 Å². The van der Waals surface area contributed by atoms with E-state index in [0.717, 1.165) is 6.07 Å². The molecule has 1 unspecified atom stereocenters. The summed E-state index contributed by atoms with van der Waals surface area (Å²) in [4.78, 5) is 12.6. The fourth-order valence-electron chi connectivity index (χ4n) is 2.32. The van der Waals surface area contributed by atoms with Crippen LogP contribution in [0.4, 0.5) is 8.78 Å². The lowest BCUT2D eigenvalue weighted by Crippen LogP contribution is -2.34. The molecule has 3 nitrogen and oxygen atoms in total. The predicted molar refractivity (Wildman–Crippen MR) is 73.5 cm³/mol. The summed E-state index contributed by atoms with van der Waals surface area (Å²) >= 11 is 0. The summed E-state index contributed by atoms with van der Waals surface area (Å²) in [6.07, 6.45) is 0.600. The Labute approximate surface area is 118 Å². The highest BCUT2D eigenvalue weighted by atomic mass is 19.1. The van der Waals surface area contributed by atoms with E-state index in [1.54, 1.807) is 0 Å². The van der Waals surface area contributed by atoms with Crippen LogP contribution in [0.15, 0.2) is 18.2 Å². The molecular formula is C15H21F2NO2. The minimum absolute atomic E-state index is 0.0907. The van der Waals surface area contributed by atoms with Crippen LogP contribution in [-0.4, -0.2) is 28.6 Å². The summed E-state index contributed by atoms with van der Waals surface area (Å²) in [5, 5.41) is 8.68. The maximum atomic E-state index is 13.3. The number of rotatable bonds is 7. The number of carboxylic acids is 1. The summed E-state index contributed by atoms with van der Waals surface area (Å²) in [6, 6.07) is 3.47. The van der Waals surface area contributed by atoms with Gasteiger partial charge in [0.25, 0.3) is 0 Å². The Balaban J connectivity index is 2.82. The van der Waals surface area contributed by atoms with Gasteiger partial charge in [0.15, 0.2) is 0 Å². The maximum Gasteiger partial charge on any atom is 0.303 e. The average molecular weight is 285 g/mol. The molecular weight excluding hydrogens is 264 g/mol. The second-order valence-corrected chi connectivity index (χ2v) is 5.21. The lowest BCUT2D eigenvalue weighted by atomic mass is 10.0. The van der Waals surface area contributed by atoms with Gasteiger partial charge < -0.3 is 5.11 Å². The van der Waals surface area contributed by atoms with Crippen LogP contribution in [0.1, 0.15) is 45.2 Å². The minimum Gasteiger partial charge on any atom is -0.481 e. The largest absolute Gasteiger partial charge is 0.481 e. The average Bonchev–Trinajstić information content (AvgIpc) is 2.31. The monoisotopic (exact) mass is 285 g/mol. The summed E-state index contributed by atoms with van der Waals surface area (Å²) in [7, 11) is 0. The number of aliphatic carboxylic acids is 1. The Hall–Kier alpha value is -1.49. The molecule has 0 aliphatic heterocycles. The highest BCUT2D eigenvalue weighted by Gasteiger charge is 2.20. The zero-order valence-corrected chi connectivity index (χ0v) is 12.1. The van der Waals surface area contributed by atoms with E-state index in [1.807, 2.05) is 25.7 Å². The second kappa shape index (κ2) is 7.33. The van der Waals surface area contributed by atoms with Gasteiger partial charge in [-0.1, -0.05) is 0 Å². The number of carboxylic acid groups (broad SMARTS) is 1. The van der Waals surface area contributed by atoms with Crippen molar-refractivity contribution in [3.63, 3.8) is 0 Å². The standard InChI is InChI=1S/C15H21F2NO2/c1-10(2)18(6-4-5-15(19)20)11(3)12-7-13(16)9-14(17)8-12/h7-11H,4-6H2,1-3H3,(H,19,20). The van der Waals surface area contributed by atoms with Crippen molar-refractivity contribution >= 4 is 5.97 Å². The zero-order valence-electron chi connectivity index (χ0n) is 12.1. The van der Waals surface area contributed by atoms with E-state index in [-0.39, 0.29) is 18.5 Å². The summed E-state index contributed by atoms with van der Waals surface area (Å²) < 4.78 is 26.5. The van der Waals surface area contributed by atoms with Gasteiger partial charge in [-0.2, -0.15) is 0 Å². The fourth-order valence-corrected chi connectivity index (χ4v) is 2.32. The van der Waals surface area contributed by atoms with Crippen LogP contribution in [0.5, 0.6) is 0 Å². The Morgan fingerprint density at radius 2 is 1.75 bits per heavy atom. The molecule has 0 aliphatic rings. The third-order valence-electron chi connectivity index (χ3n) is 3.34. The molecule has 1 aromatic carbocycles. The molecule has 0 aromatic heterocycles. The Morgan fingerprint density at radius 3 is 2.20 bits per heavy atom. The maximum absolute atomic E-state index is 13.3. The predicted octanol–water partition coefficient (Wildman–Crippen LogP) is 3.60. The number of hydrogen-bond acceptors (Lipinski definition) is 2. The SMILES string of the molecule is CC(C)N(CCCC(=O)O)C(C)c1cc(F)cc(F)c1. The Morgan fingerprint density at radius 1 is 1.20 bits per heavy atom. The molecule has 0 aliphatic carbocycles. The Kier molecular flexibility index (Phi) is 6.07. The topological polar surface area (TPSA) is 40.5 Å². The smallest absolute Gasteiger partial charge is 0.303 e. The first-order valence-corrected chi connectivity index (χ1v) is 6.74. The van der Waals surface area contributed by atoms with E-state index in [9.17, 15) is 13.6 Å². The van der Waals surface area contributed by atoms with Gasteiger partial charge in [0.2, 0.25) is 0 Å². The molecule has 1 aromatic rings. The van der Waals surface area contributed by atoms with Crippen LogP contribution >= 0.6 is 0 Å². The summed E-state index contributed by atoms with van der Waals surface area (Å²) in [6.45, 7) is 6.40. The quantitative estimate of drug-likeness (QED) is 0.832. The van der Waals surface area contributed by atoms with Gasteiger partial charge in [-0.15, -0.1) is 0 Å². The first-order valence-electron chi connectivity index (χ1n) is 6.74. The summed E-state index contributed by atoms with van der Waals surface area (Å²) in [5.74, 6) is -2.03. The third-order valence-corrected chi connectivity index (χ3v) is 3.34. The number of benzene rings is 1. The first kappa shape index (κ1) is 16.6. The molecule has 0 bridgehead atoms. The van der Waals surface area contributed by atoms with E-state index in [2.05, 4.69) is 0 Å². The number of halogens is 2. The van der Waals surface area contributed by atoms with Crippen molar-refractivity contribution in [1.29, 1.82) is 0 Å². The van der Waals surface area contributed by atoms with Crippen LogP contribution in [0.2, 0.25) is 0 Å².